The molecule has 1 aromatic heterocycles. The van der Waals surface area contributed by atoms with Gasteiger partial charge in [-0.05, 0) is 73.9 Å². The van der Waals surface area contributed by atoms with E-state index in [0.29, 0.717) is 18.7 Å². The molecule has 3 aromatic rings. The quantitative estimate of drug-likeness (QED) is 0.256. The summed E-state index contributed by atoms with van der Waals surface area (Å²) < 4.78 is 6.46. The summed E-state index contributed by atoms with van der Waals surface area (Å²) in [4.78, 5) is 24.2. The number of rotatable bonds is 7. The van der Waals surface area contributed by atoms with Crippen LogP contribution in [0.5, 0.6) is 0 Å². The summed E-state index contributed by atoms with van der Waals surface area (Å²) >= 11 is 0. The molecule has 2 aliphatic rings. The van der Waals surface area contributed by atoms with Crippen molar-refractivity contribution in [2.24, 2.45) is 4.99 Å². The number of nitrogens with one attached hydrogen (secondary N) is 1. The molecule has 0 radical (unpaired) electrons. The number of hydrogen-bond acceptors (Lipinski definition) is 5. The fraction of sp³-hybridized carbons (Fsp3) is 0.219. The van der Waals surface area contributed by atoms with Gasteiger partial charge in [-0.1, -0.05) is 18.2 Å². The van der Waals surface area contributed by atoms with Gasteiger partial charge in [-0.2, -0.15) is 0 Å². The predicted molar refractivity (Wildman–Crippen MR) is 153 cm³/mol. The van der Waals surface area contributed by atoms with Gasteiger partial charge in [-0.15, -0.1) is 0 Å². The van der Waals surface area contributed by atoms with Crippen molar-refractivity contribution in [3.63, 3.8) is 0 Å². The van der Waals surface area contributed by atoms with Crippen LogP contribution in [0.2, 0.25) is 0 Å². The second-order valence-electron chi connectivity index (χ2n) is 9.39. The van der Waals surface area contributed by atoms with Crippen molar-refractivity contribution in [3.8, 4) is 22.5 Å². The molecule has 192 valence electrons. The number of hydrogen-bond donors (Lipinski definition) is 1. The monoisotopic (exact) mass is 504 g/mol. The topological polar surface area (TPSA) is 70.7 Å². The van der Waals surface area contributed by atoms with E-state index in [9.17, 15) is 4.79 Å². The molecule has 6 heteroatoms. The molecule has 0 spiro atoms. The number of carbonyl (C=O) groups is 1. The van der Waals surface area contributed by atoms with Gasteiger partial charge in [-0.25, -0.2) is 0 Å². The maximum Gasteiger partial charge on any atom is 0.254 e. The zero-order valence-corrected chi connectivity index (χ0v) is 22.3. The van der Waals surface area contributed by atoms with Crippen LogP contribution >= 0.6 is 0 Å². The zero-order valence-electron chi connectivity index (χ0n) is 22.3. The molecule has 2 aromatic carbocycles. The molecule has 1 N–H and O–H groups in total. The number of anilines is 1. The van der Waals surface area contributed by atoms with Gasteiger partial charge in [0, 0.05) is 79.0 Å². The normalized spacial score (nSPS) is 11.7. The first-order valence-electron chi connectivity index (χ1n) is 13.0. The van der Waals surface area contributed by atoms with E-state index in [-0.39, 0.29) is 5.91 Å². The van der Waals surface area contributed by atoms with Gasteiger partial charge >= 0.3 is 0 Å². The van der Waals surface area contributed by atoms with Crippen molar-refractivity contribution in [2.45, 2.75) is 27.3 Å². The fourth-order valence-electron chi connectivity index (χ4n) is 4.91. The Morgan fingerprint density at radius 2 is 1.79 bits per heavy atom. The van der Waals surface area contributed by atoms with Crippen LogP contribution in [0.25, 0.3) is 33.4 Å². The molecule has 0 saturated carbocycles. The molecule has 1 aliphatic heterocycles. The van der Waals surface area contributed by atoms with Crippen LogP contribution in [-0.4, -0.2) is 35.9 Å². The Labute approximate surface area is 223 Å². The Bertz CT molecular complexity index is 1640. The third-order valence-electron chi connectivity index (χ3n) is 6.70. The highest BCUT2D eigenvalue weighted by Crippen LogP contribution is 2.42. The van der Waals surface area contributed by atoms with Crippen LogP contribution in [0, 0.1) is 6.92 Å². The van der Waals surface area contributed by atoms with Crippen molar-refractivity contribution in [1.29, 1.82) is 0 Å². The van der Waals surface area contributed by atoms with Crippen LogP contribution in [0.1, 0.15) is 35.3 Å². The van der Waals surface area contributed by atoms with Crippen LogP contribution in [-0.2, 0) is 6.54 Å². The SMILES string of the molecule is CC/N=c1/ccc2c(-c3ccccc3C(=O)N(C)Cc3ccncc3)c3cc(C)c(NCC)cc3oc-2c1. The molecule has 2 heterocycles. The summed E-state index contributed by atoms with van der Waals surface area (Å²) in [5, 5.41) is 5.27. The lowest BCUT2D eigenvalue weighted by Crippen LogP contribution is -2.26. The molecule has 1 amide bonds. The Morgan fingerprint density at radius 3 is 2.55 bits per heavy atom. The summed E-state index contributed by atoms with van der Waals surface area (Å²) in [5.74, 6) is 0.694. The Morgan fingerprint density at radius 1 is 1.00 bits per heavy atom. The van der Waals surface area contributed by atoms with E-state index >= 15 is 0 Å². The number of aromatic nitrogens is 1. The molecule has 0 unspecified atom stereocenters. The van der Waals surface area contributed by atoms with Crippen molar-refractivity contribution in [1.82, 2.24) is 9.88 Å². The van der Waals surface area contributed by atoms with E-state index in [1.54, 1.807) is 17.3 Å². The molecule has 0 fully saturated rings. The fourth-order valence-corrected chi connectivity index (χ4v) is 4.91. The molecular weight excluding hydrogens is 472 g/mol. The van der Waals surface area contributed by atoms with Crippen LogP contribution in [0.15, 0.2) is 88.5 Å². The molecule has 1 aliphatic carbocycles. The molecule has 0 atom stereocenters. The molecule has 0 saturated heterocycles. The highest BCUT2D eigenvalue weighted by molar-refractivity contribution is 6.09. The minimum Gasteiger partial charge on any atom is -0.456 e. The van der Waals surface area contributed by atoms with Crippen molar-refractivity contribution < 1.29 is 9.21 Å². The Kier molecular flexibility index (Phi) is 7.22. The van der Waals surface area contributed by atoms with Crippen LogP contribution < -0.4 is 10.7 Å². The summed E-state index contributed by atoms with van der Waals surface area (Å²) in [5.41, 5.74) is 7.39. The highest BCUT2D eigenvalue weighted by Gasteiger charge is 2.23. The number of aryl methyl sites for hydroxylation is 1. The van der Waals surface area contributed by atoms with Gasteiger partial charge in [0.05, 0.1) is 5.36 Å². The first-order valence-corrected chi connectivity index (χ1v) is 13.0. The number of fused-ring (bicyclic) bond motifs is 2. The number of carbonyl (C=O) groups excluding carboxylic acids is 1. The van der Waals surface area contributed by atoms with E-state index in [0.717, 1.165) is 62.1 Å². The molecular formula is C32H32N4O2. The van der Waals surface area contributed by atoms with Crippen molar-refractivity contribution in [2.75, 3.05) is 25.5 Å². The summed E-state index contributed by atoms with van der Waals surface area (Å²) in [6.07, 6.45) is 3.49. The second kappa shape index (κ2) is 10.9. The van der Waals surface area contributed by atoms with Gasteiger partial charge in [0.2, 0.25) is 0 Å². The average molecular weight is 505 g/mol. The van der Waals surface area contributed by atoms with Gasteiger partial charge < -0.3 is 14.6 Å². The average Bonchev–Trinajstić information content (AvgIpc) is 2.93. The molecule has 0 bridgehead atoms. The first-order chi connectivity index (χ1) is 18.5. The number of amides is 1. The minimum absolute atomic E-state index is 0.0434. The smallest absolute Gasteiger partial charge is 0.254 e. The van der Waals surface area contributed by atoms with E-state index in [1.807, 2.05) is 62.5 Å². The van der Waals surface area contributed by atoms with E-state index in [4.69, 9.17) is 4.42 Å². The van der Waals surface area contributed by atoms with E-state index < -0.39 is 0 Å². The molecule has 6 nitrogen and oxygen atoms in total. The van der Waals surface area contributed by atoms with Gasteiger partial charge in [0.1, 0.15) is 11.3 Å². The maximum absolute atomic E-state index is 13.8. The Hall–Kier alpha value is -4.45. The van der Waals surface area contributed by atoms with E-state index in [1.165, 1.54) is 0 Å². The lowest BCUT2D eigenvalue weighted by atomic mass is 9.89. The molecule has 38 heavy (non-hydrogen) atoms. The number of pyridine rings is 1. The highest BCUT2D eigenvalue weighted by atomic mass is 16.3. The Balaban J connectivity index is 1.73. The first kappa shape index (κ1) is 25.2. The van der Waals surface area contributed by atoms with Crippen LogP contribution in [0.4, 0.5) is 5.69 Å². The van der Waals surface area contributed by atoms with Crippen LogP contribution in [0.3, 0.4) is 0 Å². The van der Waals surface area contributed by atoms with Gasteiger partial charge in [-0.3, -0.25) is 14.8 Å². The lowest BCUT2D eigenvalue weighted by molar-refractivity contribution is 0.0786. The van der Waals surface area contributed by atoms with Gasteiger partial charge in [0.25, 0.3) is 5.91 Å². The van der Waals surface area contributed by atoms with Crippen molar-refractivity contribution in [3.05, 3.63) is 101 Å². The maximum atomic E-state index is 13.8. The van der Waals surface area contributed by atoms with Gasteiger partial charge in [0.15, 0.2) is 0 Å². The lowest BCUT2D eigenvalue weighted by Gasteiger charge is -2.22. The third-order valence-corrected chi connectivity index (χ3v) is 6.70. The molecule has 5 rings (SSSR count). The summed E-state index contributed by atoms with van der Waals surface area (Å²) in [7, 11) is 1.83. The minimum atomic E-state index is -0.0434. The largest absolute Gasteiger partial charge is 0.456 e. The standard InChI is InChI=1S/C32H32N4O2/c1-5-34-23-11-12-26-29(18-23)38-30-19-28(35-6-2)21(3)17-27(30)31(26)24-9-7-8-10-25(24)32(37)36(4)20-22-13-15-33-16-14-22/h7-19,35H,5-6,20H2,1-4H3/b34-23-. The predicted octanol–water partition coefficient (Wildman–Crippen LogP) is 6.53. The summed E-state index contributed by atoms with van der Waals surface area (Å²) in [6, 6.07) is 21.9. The summed E-state index contributed by atoms with van der Waals surface area (Å²) in [6.45, 7) is 8.19. The van der Waals surface area contributed by atoms with Crippen molar-refractivity contribution >= 4 is 22.6 Å². The van der Waals surface area contributed by atoms with E-state index in [2.05, 4.69) is 47.3 Å². The number of benzene rings is 3. The second-order valence-corrected chi connectivity index (χ2v) is 9.39. The number of nitrogens with zero attached hydrogens (tertiary/aromatic N) is 3. The third kappa shape index (κ3) is 4.90. The zero-order chi connectivity index (χ0) is 26.6.